The van der Waals surface area contributed by atoms with Gasteiger partial charge in [-0.15, -0.1) is 0 Å². The van der Waals surface area contributed by atoms with Crippen LogP contribution in [0.15, 0.2) is 35.6 Å². The highest BCUT2D eigenvalue weighted by Crippen LogP contribution is 2.69. The zero-order valence-electron chi connectivity index (χ0n) is 15.6. The molecular formula is C21H26O5. The van der Waals surface area contributed by atoms with E-state index in [-0.39, 0.29) is 35.9 Å². The van der Waals surface area contributed by atoms with Crippen LogP contribution in [0.2, 0.25) is 0 Å². The van der Waals surface area contributed by atoms with Gasteiger partial charge in [-0.2, -0.15) is 0 Å². The monoisotopic (exact) mass is 358 g/mol. The smallest absolute Gasteiger partial charge is 0.338 e. The average molecular weight is 358 g/mol. The third-order valence-corrected chi connectivity index (χ3v) is 5.60. The van der Waals surface area contributed by atoms with Gasteiger partial charge in [-0.3, -0.25) is 4.79 Å². The van der Waals surface area contributed by atoms with Crippen LogP contribution in [0.25, 0.3) is 0 Å². The maximum Gasteiger partial charge on any atom is 0.338 e. The number of allylic oxidation sites excluding steroid dienone is 1. The van der Waals surface area contributed by atoms with Crippen LogP contribution in [0.3, 0.4) is 0 Å². The highest BCUT2D eigenvalue weighted by Gasteiger charge is 2.73. The van der Waals surface area contributed by atoms with Crippen molar-refractivity contribution >= 4 is 11.8 Å². The number of ether oxygens (including phenoxy) is 2. The quantitative estimate of drug-likeness (QED) is 0.561. The van der Waals surface area contributed by atoms with E-state index in [0.717, 1.165) is 12.8 Å². The molecule has 2 aliphatic rings. The molecule has 26 heavy (non-hydrogen) atoms. The van der Waals surface area contributed by atoms with Crippen LogP contribution in [0.1, 0.15) is 56.8 Å². The Kier molecular flexibility index (Phi) is 5.08. The topological polar surface area (TPSA) is 72.8 Å². The number of carbonyl (C=O) groups is 2. The van der Waals surface area contributed by atoms with E-state index in [9.17, 15) is 14.7 Å². The number of aromatic hydroxyl groups is 1. The highest BCUT2D eigenvalue weighted by molar-refractivity contribution is 5.99. The van der Waals surface area contributed by atoms with E-state index in [1.807, 2.05) is 0 Å². The normalized spacial score (nSPS) is 26.3. The van der Waals surface area contributed by atoms with Gasteiger partial charge in [0.25, 0.3) is 0 Å². The first-order valence-corrected chi connectivity index (χ1v) is 9.33. The molecule has 0 saturated heterocycles. The lowest BCUT2D eigenvalue weighted by atomic mass is 9.85. The first-order valence-electron chi connectivity index (χ1n) is 9.33. The predicted octanol–water partition coefficient (Wildman–Crippen LogP) is 4.01. The van der Waals surface area contributed by atoms with Crippen molar-refractivity contribution in [3.8, 4) is 5.75 Å². The Morgan fingerprint density at radius 2 is 2.00 bits per heavy atom. The molecular weight excluding hydrogens is 332 g/mol. The Labute approximate surface area is 154 Å². The molecule has 2 unspecified atom stereocenters. The molecule has 0 radical (unpaired) electrons. The van der Waals surface area contributed by atoms with E-state index in [1.54, 1.807) is 32.0 Å². The van der Waals surface area contributed by atoms with Crippen LogP contribution in [-0.2, 0) is 14.3 Å². The zero-order chi connectivity index (χ0) is 18.9. The van der Waals surface area contributed by atoms with Gasteiger partial charge in [0.15, 0.2) is 5.78 Å². The van der Waals surface area contributed by atoms with E-state index < -0.39 is 5.41 Å². The van der Waals surface area contributed by atoms with Crippen LogP contribution in [0.5, 0.6) is 5.75 Å². The molecule has 140 valence electrons. The Morgan fingerprint density at radius 3 is 2.65 bits per heavy atom. The second-order valence-corrected chi connectivity index (χ2v) is 7.07. The number of ketones is 1. The second-order valence-electron chi connectivity index (χ2n) is 7.07. The fourth-order valence-electron chi connectivity index (χ4n) is 4.45. The van der Waals surface area contributed by atoms with E-state index in [1.165, 1.54) is 6.07 Å². The van der Waals surface area contributed by atoms with Gasteiger partial charge >= 0.3 is 5.97 Å². The number of rotatable bonds is 8. The summed E-state index contributed by atoms with van der Waals surface area (Å²) in [7, 11) is 0. The predicted molar refractivity (Wildman–Crippen MR) is 96.7 cm³/mol. The van der Waals surface area contributed by atoms with Gasteiger partial charge in [-0.1, -0.05) is 25.5 Å². The molecule has 1 saturated carbocycles. The van der Waals surface area contributed by atoms with Crippen molar-refractivity contribution in [2.75, 3.05) is 6.61 Å². The second kappa shape index (κ2) is 7.14. The molecule has 1 heterocycles. The minimum atomic E-state index is -0.424. The van der Waals surface area contributed by atoms with E-state index in [2.05, 4.69) is 6.92 Å². The van der Waals surface area contributed by atoms with Crippen molar-refractivity contribution in [2.24, 2.45) is 11.3 Å². The van der Waals surface area contributed by atoms with Gasteiger partial charge in [0.2, 0.25) is 0 Å². The molecule has 1 aliphatic heterocycles. The minimum Gasteiger partial charge on any atom is -0.507 e. The molecule has 1 aromatic rings. The molecule has 1 fully saturated rings. The first kappa shape index (κ1) is 18.5. The van der Waals surface area contributed by atoms with Crippen molar-refractivity contribution in [3.05, 3.63) is 41.2 Å². The molecule has 3 rings (SSSR count). The number of phenols is 1. The summed E-state index contributed by atoms with van der Waals surface area (Å²) in [5, 5.41) is 9.91. The Hall–Kier alpha value is -2.30. The molecule has 0 bridgehead atoms. The van der Waals surface area contributed by atoms with Crippen molar-refractivity contribution in [1.29, 1.82) is 0 Å². The number of fused-ring (bicyclic) bond motifs is 1. The average Bonchev–Trinajstić information content (AvgIpc) is 3.06. The molecule has 5 nitrogen and oxygen atoms in total. The number of esters is 1. The summed E-state index contributed by atoms with van der Waals surface area (Å²) in [5.74, 6) is 0.406. The summed E-state index contributed by atoms with van der Waals surface area (Å²) in [6.07, 6.45) is 2.69. The SMILES string of the molecule is CCCC1[C@H]2OC(C)=C(C(=O)OCC)C12CCC(=O)c1ccccc1O. The van der Waals surface area contributed by atoms with Gasteiger partial charge in [0.05, 0.1) is 17.7 Å². The zero-order valence-corrected chi connectivity index (χ0v) is 15.6. The summed E-state index contributed by atoms with van der Waals surface area (Å²) in [5.41, 5.74) is 0.505. The summed E-state index contributed by atoms with van der Waals surface area (Å²) < 4.78 is 11.2. The maximum absolute atomic E-state index is 12.6. The number of hydrogen-bond donors (Lipinski definition) is 1. The number of para-hydroxylation sites is 1. The van der Waals surface area contributed by atoms with E-state index in [0.29, 0.717) is 29.9 Å². The van der Waals surface area contributed by atoms with Crippen molar-refractivity contribution in [2.45, 2.75) is 52.6 Å². The van der Waals surface area contributed by atoms with Crippen LogP contribution >= 0.6 is 0 Å². The third kappa shape index (κ3) is 2.89. The number of phenolic OH excluding ortho intramolecular Hbond substituents is 1. The lowest BCUT2D eigenvalue weighted by molar-refractivity contribution is -0.139. The molecule has 0 spiro atoms. The number of hydrogen-bond acceptors (Lipinski definition) is 5. The van der Waals surface area contributed by atoms with Crippen LogP contribution in [0, 0.1) is 11.3 Å². The van der Waals surface area contributed by atoms with E-state index >= 15 is 0 Å². The lowest BCUT2D eigenvalue weighted by Crippen LogP contribution is -2.21. The molecule has 1 aromatic carbocycles. The van der Waals surface area contributed by atoms with Gasteiger partial charge < -0.3 is 14.6 Å². The van der Waals surface area contributed by atoms with Crippen molar-refractivity contribution in [3.63, 3.8) is 0 Å². The van der Waals surface area contributed by atoms with Gasteiger partial charge in [-0.25, -0.2) is 4.79 Å². The maximum atomic E-state index is 12.6. The summed E-state index contributed by atoms with van der Waals surface area (Å²) in [6.45, 7) is 6.00. The Bertz CT molecular complexity index is 751. The Morgan fingerprint density at radius 1 is 1.27 bits per heavy atom. The van der Waals surface area contributed by atoms with Crippen LogP contribution in [0.4, 0.5) is 0 Å². The fourth-order valence-corrected chi connectivity index (χ4v) is 4.45. The van der Waals surface area contributed by atoms with E-state index in [4.69, 9.17) is 9.47 Å². The van der Waals surface area contributed by atoms with Crippen molar-refractivity contribution < 1.29 is 24.2 Å². The van der Waals surface area contributed by atoms with Gasteiger partial charge in [0, 0.05) is 17.8 Å². The van der Waals surface area contributed by atoms with Crippen LogP contribution < -0.4 is 0 Å². The molecule has 3 atom stereocenters. The third-order valence-electron chi connectivity index (χ3n) is 5.60. The first-order chi connectivity index (χ1) is 12.5. The van der Waals surface area contributed by atoms with Gasteiger partial charge in [-0.05, 0) is 38.8 Å². The molecule has 5 heteroatoms. The van der Waals surface area contributed by atoms with Crippen LogP contribution in [-0.4, -0.2) is 29.6 Å². The minimum absolute atomic E-state index is 0.00698. The fraction of sp³-hybridized carbons (Fsp3) is 0.524. The van der Waals surface area contributed by atoms with Gasteiger partial charge in [0.1, 0.15) is 17.6 Å². The number of Topliss-reactive ketones (excluding diaryl/α,β-unsaturated/α-hetero) is 1. The Balaban J connectivity index is 1.81. The summed E-state index contributed by atoms with van der Waals surface area (Å²) in [4.78, 5) is 25.1. The number of benzene rings is 1. The summed E-state index contributed by atoms with van der Waals surface area (Å²) >= 11 is 0. The molecule has 1 N–H and O–H groups in total. The lowest BCUT2D eigenvalue weighted by Gasteiger charge is -2.18. The molecule has 0 aromatic heterocycles. The van der Waals surface area contributed by atoms with Crippen molar-refractivity contribution in [1.82, 2.24) is 0 Å². The highest BCUT2D eigenvalue weighted by atomic mass is 16.5. The number of carbonyl (C=O) groups excluding carboxylic acids is 2. The molecule has 1 aliphatic carbocycles. The summed E-state index contributed by atoms with van der Waals surface area (Å²) in [6, 6.07) is 6.56. The standard InChI is InChI=1S/C21H26O5/c1-4-8-15-19-21(15,18(13(3)26-19)20(24)25-5-2)12-11-17(23)14-9-6-7-10-16(14)22/h6-7,9-10,15,19,22H,4-5,8,11-12H2,1-3H3/t15?,19-,21?/m1/s1. The molecule has 0 amide bonds. The largest absolute Gasteiger partial charge is 0.507 e.